The number of benzene rings is 1. The van der Waals surface area contributed by atoms with E-state index in [2.05, 4.69) is 15.6 Å². The molecule has 1 amide bonds. The number of carbonyl (C=O) groups excluding carboxylic acids is 1. The van der Waals surface area contributed by atoms with Crippen LogP contribution in [0.15, 0.2) is 42.6 Å². The maximum Gasteiger partial charge on any atom is 0.238 e. The van der Waals surface area contributed by atoms with Gasteiger partial charge in [0.15, 0.2) is 0 Å². The average molecular weight is 311 g/mol. The van der Waals surface area contributed by atoms with Crippen molar-refractivity contribution >= 4 is 11.6 Å². The summed E-state index contributed by atoms with van der Waals surface area (Å²) in [5, 5.41) is 5.97. The molecule has 0 aliphatic heterocycles. The highest BCUT2D eigenvalue weighted by atomic mass is 16.5. The quantitative estimate of drug-likeness (QED) is 0.824. The summed E-state index contributed by atoms with van der Waals surface area (Å²) < 4.78 is 5.66. The normalized spacial score (nSPS) is 13.6. The van der Waals surface area contributed by atoms with Crippen LogP contribution in [0, 0.1) is 12.8 Å². The summed E-state index contributed by atoms with van der Waals surface area (Å²) in [6.45, 7) is 3.28. The summed E-state index contributed by atoms with van der Waals surface area (Å²) >= 11 is 0. The van der Waals surface area contributed by atoms with Crippen LogP contribution in [0.2, 0.25) is 0 Å². The molecule has 3 rings (SSSR count). The number of hydrogen-bond donors (Lipinski definition) is 2. The molecule has 120 valence electrons. The van der Waals surface area contributed by atoms with E-state index in [1.54, 1.807) is 18.3 Å². The third kappa shape index (κ3) is 5.07. The van der Waals surface area contributed by atoms with Crippen molar-refractivity contribution in [2.45, 2.75) is 19.8 Å². The molecule has 1 fully saturated rings. The second-order valence-corrected chi connectivity index (χ2v) is 5.92. The molecule has 1 aliphatic rings. The van der Waals surface area contributed by atoms with E-state index in [0.29, 0.717) is 18.1 Å². The minimum atomic E-state index is -0.0559. The zero-order chi connectivity index (χ0) is 16.1. The van der Waals surface area contributed by atoms with Gasteiger partial charge in [-0.05, 0) is 50.4 Å². The predicted molar refractivity (Wildman–Crippen MR) is 89.7 cm³/mol. The molecule has 5 nitrogen and oxygen atoms in total. The monoisotopic (exact) mass is 311 g/mol. The predicted octanol–water partition coefficient (Wildman–Crippen LogP) is 3.12. The fraction of sp³-hybridized carbons (Fsp3) is 0.333. The third-order valence-electron chi connectivity index (χ3n) is 3.68. The molecule has 0 spiro atoms. The van der Waals surface area contributed by atoms with Crippen LogP contribution in [0.3, 0.4) is 0 Å². The fourth-order valence-electron chi connectivity index (χ4n) is 2.16. The van der Waals surface area contributed by atoms with Crippen molar-refractivity contribution < 1.29 is 9.53 Å². The van der Waals surface area contributed by atoms with Gasteiger partial charge in [0.05, 0.1) is 18.4 Å². The number of nitrogens with zero attached hydrogens (tertiary/aromatic N) is 1. The van der Waals surface area contributed by atoms with Gasteiger partial charge in [0.25, 0.3) is 0 Å². The summed E-state index contributed by atoms with van der Waals surface area (Å²) in [6, 6.07) is 11.3. The van der Waals surface area contributed by atoms with E-state index in [-0.39, 0.29) is 5.91 Å². The van der Waals surface area contributed by atoms with Crippen molar-refractivity contribution in [2.24, 2.45) is 5.92 Å². The molecule has 0 unspecified atom stereocenters. The molecule has 0 atom stereocenters. The van der Waals surface area contributed by atoms with E-state index in [1.807, 2.05) is 31.2 Å². The molecule has 1 saturated carbocycles. The molecular weight excluding hydrogens is 290 g/mol. The highest BCUT2D eigenvalue weighted by Crippen LogP contribution is 2.27. The van der Waals surface area contributed by atoms with Crippen LogP contribution in [0.4, 0.5) is 5.69 Å². The highest BCUT2D eigenvalue weighted by Gasteiger charge is 2.20. The zero-order valence-electron chi connectivity index (χ0n) is 13.2. The lowest BCUT2D eigenvalue weighted by Crippen LogP contribution is -2.29. The highest BCUT2D eigenvalue weighted by molar-refractivity contribution is 5.92. The first-order chi connectivity index (χ1) is 11.2. The number of carbonyl (C=O) groups is 1. The topological polar surface area (TPSA) is 63.2 Å². The van der Waals surface area contributed by atoms with Gasteiger partial charge in [-0.15, -0.1) is 0 Å². The van der Waals surface area contributed by atoms with Gasteiger partial charge in [-0.25, -0.2) is 4.98 Å². The number of aromatic nitrogens is 1. The average Bonchev–Trinajstić information content (AvgIpc) is 3.36. The minimum Gasteiger partial charge on any atom is -0.439 e. The molecule has 0 bridgehead atoms. The van der Waals surface area contributed by atoms with Gasteiger partial charge >= 0.3 is 0 Å². The Morgan fingerprint density at radius 2 is 2.00 bits per heavy atom. The Kier molecular flexibility index (Phi) is 4.88. The van der Waals surface area contributed by atoms with E-state index in [4.69, 9.17) is 4.74 Å². The van der Waals surface area contributed by atoms with Crippen molar-refractivity contribution in [3.05, 3.63) is 48.2 Å². The van der Waals surface area contributed by atoms with E-state index >= 15 is 0 Å². The van der Waals surface area contributed by atoms with E-state index in [9.17, 15) is 4.79 Å². The van der Waals surface area contributed by atoms with Crippen LogP contribution in [0.5, 0.6) is 11.6 Å². The Balaban J connectivity index is 1.47. The summed E-state index contributed by atoms with van der Waals surface area (Å²) in [5.41, 5.74) is 1.85. The van der Waals surface area contributed by atoms with Crippen LogP contribution >= 0.6 is 0 Å². The number of aryl methyl sites for hydroxylation is 1. The number of pyridine rings is 1. The molecule has 5 heteroatoms. The molecular formula is C18H21N3O2. The number of anilines is 1. The molecule has 0 saturated heterocycles. The van der Waals surface area contributed by atoms with Crippen molar-refractivity contribution in [3.8, 4) is 11.6 Å². The van der Waals surface area contributed by atoms with Crippen LogP contribution < -0.4 is 15.4 Å². The molecule has 2 N–H and O–H groups in total. The Hall–Kier alpha value is -2.40. The van der Waals surface area contributed by atoms with Crippen LogP contribution in [-0.4, -0.2) is 24.0 Å². The summed E-state index contributed by atoms with van der Waals surface area (Å²) in [5.74, 6) is 1.95. The SMILES string of the molecule is Cc1ccc(Oc2ccc(NC(=O)CNCC3CC3)cn2)cc1. The lowest BCUT2D eigenvalue weighted by atomic mass is 10.2. The van der Waals surface area contributed by atoms with Crippen molar-refractivity contribution in [1.29, 1.82) is 0 Å². The minimum absolute atomic E-state index is 0.0559. The Morgan fingerprint density at radius 1 is 1.22 bits per heavy atom. The number of amides is 1. The van der Waals surface area contributed by atoms with Gasteiger partial charge in [0, 0.05) is 6.07 Å². The number of hydrogen-bond acceptors (Lipinski definition) is 4. The lowest BCUT2D eigenvalue weighted by Gasteiger charge is -2.08. The Labute approximate surface area is 136 Å². The Morgan fingerprint density at radius 3 is 2.65 bits per heavy atom. The molecule has 0 radical (unpaired) electrons. The third-order valence-corrected chi connectivity index (χ3v) is 3.68. The zero-order valence-corrected chi connectivity index (χ0v) is 13.2. The molecule has 2 aromatic rings. The molecule has 1 aliphatic carbocycles. The number of nitrogens with one attached hydrogen (secondary N) is 2. The van der Waals surface area contributed by atoms with Gasteiger partial charge in [-0.3, -0.25) is 4.79 Å². The first-order valence-electron chi connectivity index (χ1n) is 7.90. The van der Waals surface area contributed by atoms with Gasteiger partial charge in [0.2, 0.25) is 11.8 Å². The molecule has 1 aromatic heterocycles. The first kappa shape index (κ1) is 15.5. The smallest absolute Gasteiger partial charge is 0.238 e. The van der Waals surface area contributed by atoms with Gasteiger partial charge in [0.1, 0.15) is 5.75 Å². The molecule has 1 aromatic carbocycles. The Bertz CT molecular complexity index is 649. The fourth-order valence-corrected chi connectivity index (χ4v) is 2.16. The standard InChI is InChI=1S/C18H21N3O2/c1-13-2-7-16(8-3-13)23-18-9-6-15(11-20-18)21-17(22)12-19-10-14-4-5-14/h2-3,6-9,11,14,19H,4-5,10,12H2,1H3,(H,21,22). The second kappa shape index (κ2) is 7.24. The van der Waals surface area contributed by atoms with E-state index < -0.39 is 0 Å². The largest absolute Gasteiger partial charge is 0.439 e. The van der Waals surface area contributed by atoms with Crippen molar-refractivity contribution in [3.63, 3.8) is 0 Å². The molecule has 23 heavy (non-hydrogen) atoms. The molecule has 1 heterocycles. The number of ether oxygens (including phenoxy) is 1. The van der Waals surface area contributed by atoms with Crippen molar-refractivity contribution in [1.82, 2.24) is 10.3 Å². The summed E-state index contributed by atoms with van der Waals surface area (Å²) in [7, 11) is 0. The van der Waals surface area contributed by atoms with Crippen LogP contribution in [-0.2, 0) is 4.79 Å². The lowest BCUT2D eigenvalue weighted by molar-refractivity contribution is -0.115. The second-order valence-electron chi connectivity index (χ2n) is 5.92. The van der Waals surface area contributed by atoms with Gasteiger partial charge in [-0.2, -0.15) is 0 Å². The van der Waals surface area contributed by atoms with Crippen molar-refractivity contribution in [2.75, 3.05) is 18.4 Å². The van der Waals surface area contributed by atoms with Gasteiger partial charge in [-0.1, -0.05) is 17.7 Å². The summed E-state index contributed by atoms with van der Waals surface area (Å²) in [6.07, 6.45) is 4.16. The van der Waals surface area contributed by atoms with E-state index in [0.717, 1.165) is 18.2 Å². The number of rotatable bonds is 7. The van der Waals surface area contributed by atoms with Gasteiger partial charge < -0.3 is 15.4 Å². The first-order valence-corrected chi connectivity index (χ1v) is 7.90. The van der Waals surface area contributed by atoms with E-state index in [1.165, 1.54) is 18.4 Å². The maximum atomic E-state index is 11.8. The van der Waals surface area contributed by atoms with Crippen LogP contribution in [0.25, 0.3) is 0 Å². The van der Waals surface area contributed by atoms with Crippen LogP contribution in [0.1, 0.15) is 18.4 Å². The maximum absolute atomic E-state index is 11.8. The summed E-state index contributed by atoms with van der Waals surface area (Å²) in [4.78, 5) is 16.0.